The second-order valence-electron chi connectivity index (χ2n) is 5.90. The zero-order valence-electron chi connectivity index (χ0n) is 11.8. The summed E-state index contributed by atoms with van der Waals surface area (Å²) in [4.78, 5) is 9.36. The molecule has 2 fully saturated rings. The third-order valence-electron chi connectivity index (χ3n) is 4.71. The molecule has 3 heterocycles. The maximum Gasteiger partial charge on any atom is 0.0931 e. The van der Waals surface area contributed by atoms with Gasteiger partial charge in [-0.3, -0.25) is 9.88 Å². The van der Waals surface area contributed by atoms with Crippen LogP contribution in [0.3, 0.4) is 0 Å². The van der Waals surface area contributed by atoms with E-state index in [1.54, 1.807) is 6.92 Å². The van der Waals surface area contributed by atoms with E-state index < -0.39 is 6.10 Å². The molecule has 4 heteroatoms. The van der Waals surface area contributed by atoms with Gasteiger partial charge in [0.2, 0.25) is 0 Å². The second kappa shape index (κ2) is 5.10. The van der Waals surface area contributed by atoms with Crippen molar-refractivity contribution in [3.05, 3.63) is 24.0 Å². The molecule has 0 aliphatic carbocycles. The van der Waals surface area contributed by atoms with Crippen LogP contribution in [0.1, 0.15) is 38.0 Å². The Morgan fingerprint density at radius 2 is 2.05 bits per heavy atom. The van der Waals surface area contributed by atoms with E-state index in [1.807, 2.05) is 12.3 Å². The SMILES string of the molecule is C[C@@H](O)c1ccc(N2CCC3CCC(C2)N3C)cn1. The molecule has 0 saturated carbocycles. The molecule has 19 heavy (non-hydrogen) atoms. The fourth-order valence-electron chi connectivity index (χ4n) is 3.37. The molecule has 3 atom stereocenters. The predicted molar refractivity (Wildman–Crippen MR) is 76.3 cm³/mol. The van der Waals surface area contributed by atoms with Gasteiger partial charge in [0.25, 0.3) is 0 Å². The zero-order chi connectivity index (χ0) is 13.4. The quantitative estimate of drug-likeness (QED) is 0.881. The lowest BCUT2D eigenvalue weighted by atomic mass is 10.1. The monoisotopic (exact) mass is 261 g/mol. The number of aliphatic hydroxyl groups excluding tert-OH is 1. The standard InChI is InChI=1S/C15H23N3O/c1-11(19)15-6-5-13(9-16-15)18-8-7-12-3-4-14(10-18)17(12)2/h5-6,9,11-12,14,19H,3-4,7-8,10H2,1-2H3/t11-,12?,14?/m1/s1. The van der Waals surface area contributed by atoms with Crippen molar-refractivity contribution in [3.8, 4) is 0 Å². The van der Waals surface area contributed by atoms with Crippen LogP contribution in [0, 0.1) is 0 Å². The van der Waals surface area contributed by atoms with Gasteiger partial charge >= 0.3 is 0 Å². The second-order valence-corrected chi connectivity index (χ2v) is 5.90. The number of nitrogens with zero attached hydrogens (tertiary/aromatic N) is 3. The number of likely N-dealkylation sites (N-methyl/N-ethyl adjacent to an activating group) is 1. The minimum Gasteiger partial charge on any atom is -0.387 e. The van der Waals surface area contributed by atoms with Crippen molar-refractivity contribution in [2.75, 3.05) is 25.0 Å². The third-order valence-corrected chi connectivity index (χ3v) is 4.71. The minimum absolute atomic E-state index is 0.486. The number of fused-ring (bicyclic) bond motifs is 2. The maximum atomic E-state index is 9.51. The summed E-state index contributed by atoms with van der Waals surface area (Å²) in [6.07, 6.45) is 5.33. The first-order valence-corrected chi connectivity index (χ1v) is 7.26. The highest BCUT2D eigenvalue weighted by Crippen LogP contribution is 2.30. The van der Waals surface area contributed by atoms with Gasteiger partial charge < -0.3 is 10.0 Å². The van der Waals surface area contributed by atoms with Crippen LogP contribution in [0.5, 0.6) is 0 Å². The van der Waals surface area contributed by atoms with Crippen molar-refractivity contribution in [2.24, 2.45) is 0 Å². The lowest BCUT2D eigenvalue weighted by Gasteiger charge is -2.27. The largest absolute Gasteiger partial charge is 0.387 e. The van der Waals surface area contributed by atoms with Crippen LogP contribution < -0.4 is 4.90 Å². The lowest BCUT2D eigenvalue weighted by Crippen LogP contribution is -2.36. The number of hydrogen-bond acceptors (Lipinski definition) is 4. The van der Waals surface area contributed by atoms with Crippen molar-refractivity contribution >= 4 is 5.69 Å². The Morgan fingerprint density at radius 1 is 1.26 bits per heavy atom. The van der Waals surface area contributed by atoms with Gasteiger partial charge in [0.15, 0.2) is 0 Å². The van der Waals surface area contributed by atoms with E-state index in [0.29, 0.717) is 6.04 Å². The lowest BCUT2D eigenvalue weighted by molar-refractivity contribution is 0.194. The van der Waals surface area contributed by atoms with Crippen molar-refractivity contribution in [1.82, 2.24) is 9.88 Å². The van der Waals surface area contributed by atoms with E-state index in [1.165, 1.54) is 24.9 Å². The number of anilines is 1. The number of hydrogen-bond donors (Lipinski definition) is 1. The summed E-state index contributed by atoms with van der Waals surface area (Å²) in [5.41, 5.74) is 1.93. The van der Waals surface area contributed by atoms with Crippen LogP contribution in [0.4, 0.5) is 5.69 Å². The van der Waals surface area contributed by atoms with Gasteiger partial charge in [0.1, 0.15) is 0 Å². The normalized spacial score (nSPS) is 29.3. The van der Waals surface area contributed by atoms with Crippen LogP contribution in [-0.4, -0.2) is 47.2 Å². The summed E-state index contributed by atoms with van der Waals surface area (Å²) < 4.78 is 0. The van der Waals surface area contributed by atoms with Crippen LogP contribution in [0.25, 0.3) is 0 Å². The molecule has 0 aromatic carbocycles. The number of aliphatic hydroxyl groups is 1. The molecule has 2 unspecified atom stereocenters. The van der Waals surface area contributed by atoms with Crippen LogP contribution in [0.15, 0.2) is 18.3 Å². The van der Waals surface area contributed by atoms with Crippen molar-refractivity contribution in [3.63, 3.8) is 0 Å². The first-order chi connectivity index (χ1) is 9.15. The molecule has 0 spiro atoms. The molecule has 104 valence electrons. The predicted octanol–water partition coefficient (Wildman–Crippen LogP) is 1.81. The molecular formula is C15H23N3O. The molecule has 0 radical (unpaired) electrons. The Bertz CT molecular complexity index is 432. The third kappa shape index (κ3) is 2.47. The topological polar surface area (TPSA) is 39.6 Å². The summed E-state index contributed by atoms with van der Waals surface area (Å²) in [7, 11) is 2.26. The average molecular weight is 261 g/mol. The van der Waals surface area contributed by atoms with Crippen molar-refractivity contribution in [2.45, 2.75) is 44.4 Å². The van der Waals surface area contributed by atoms with Crippen LogP contribution in [0.2, 0.25) is 0 Å². The van der Waals surface area contributed by atoms with E-state index in [0.717, 1.165) is 24.8 Å². The molecule has 0 amide bonds. The number of aromatic nitrogens is 1. The van der Waals surface area contributed by atoms with Gasteiger partial charge in [-0.25, -0.2) is 0 Å². The van der Waals surface area contributed by atoms with Crippen LogP contribution in [-0.2, 0) is 0 Å². The van der Waals surface area contributed by atoms with Gasteiger partial charge in [0.05, 0.1) is 23.7 Å². The highest BCUT2D eigenvalue weighted by atomic mass is 16.3. The van der Waals surface area contributed by atoms with E-state index >= 15 is 0 Å². The highest BCUT2D eigenvalue weighted by molar-refractivity contribution is 5.45. The molecule has 2 bridgehead atoms. The summed E-state index contributed by atoms with van der Waals surface area (Å²) in [6, 6.07) is 5.48. The Morgan fingerprint density at radius 3 is 2.74 bits per heavy atom. The molecule has 3 rings (SSSR count). The van der Waals surface area contributed by atoms with Gasteiger partial charge in [-0.05, 0) is 45.4 Å². The van der Waals surface area contributed by atoms with Gasteiger partial charge in [-0.2, -0.15) is 0 Å². The number of rotatable bonds is 2. The fourth-order valence-corrected chi connectivity index (χ4v) is 3.37. The Kier molecular flexibility index (Phi) is 3.46. The molecule has 1 N–H and O–H groups in total. The summed E-state index contributed by atoms with van der Waals surface area (Å²) in [5.74, 6) is 0. The smallest absolute Gasteiger partial charge is 0.0931 e. The molecule has 1 aromatic rings. The first kappa shape index (κ1) is 12.9. The van der Waals surface area contributed by atoms with E-state index in [9.17, 15) is 5.11 Å². The minimum atomic E-state index is -0.486. The Labute approximate surface area is 115 Å². The molecule has 1 aromatic heterocycles. The summed E-state index contributed by atoms with van der Waals surface area (Å²) in [5, 5.41) is 9.51. The van der Waals surface area contributed by atoms with E-state index in [-0.39, 0.29) is 0 Å². The molecule has 2 aliphatic heterocycles. The molecule has 2 saturated heterocycles. The number of pyridine rings is 1. The fraction of sp³-hybridized carbons (Fsp3) is 0.667. The van der Waals surface area contributed by atoms with Gasteiger partial charge in [-0.15, -0.1) is 0 Å². The molecular weight excluding hydrogens is 238 g/mol. The van der Waals surface area contributed by atoms with E-state index in [2.05, 4.69) is 27.9 Å². The Hall–Kier alpha value is -1.13. The summed E-state index contributed by atoms with van der Waals surface area (Å²) >= 11 is 0. The zero-order valence-corrected chi connectivity index (χ0v) is 11.8. The highest BCUT2D eigenvalue weighted by Gasteiger charge is 2.34. The van der Waals surface area contributed by atoms with Crippen molar-refractivity contribution < 1.29 is 5.11 Å². The van der Waals surface area contributed by atoms with Gasteiger partial charge in [-0.1, -0.05) is 0 Å². The van der Waals surface area contributed by atoms with Crippen LogP contribution >= 0.6 is 0 Å². The maximum absolute atomic E-state index is 9.51. The van der Waals surface area contributed by atoms with E-state index in [4.69, 9.17) is 0 Å². The van der Waals surface area contributed by atoms with Crippen molar-refractivity contribution in [1.29, 1.82) is 0 Å². The molecule has 4 nitrogen and oxygen atoms in total. The average Bonchev–Trinajstić information content (AvgIpc) is 2.63. The van der Waals surface area contributed by atoms with Gasteiger partial charge in [0, 0.05) is 25.2 Å². The first-order valence-electron chi connectivity index (χ1n) is 7.26. The Balaban J connectivity index is 1.75. The molecule has 2 aliphatic rings. The summed E-state index contributed by atoms with van der Waals surface area (Å²) in [6.45, 7) is 3.96.